The molecule has 2 N–H and O–H groups in total. The smallest absolute Gasteiger partial charge is 0.294 e. The van der Waals surface area contributed by atoms with E-state index in [1.54, 1.807) is 41.1 Å². The summed E-state index contributed by atoms with van der Waals surface area (Å²) in [5, 5.41) is 20.1. The number of hydrogen-bond donors (Lipinski definition) is 2. The van der Waals surface area contributed by atoms with Crippen LogP contribution in [0.2, 0.25) is 0 Å². The number of hydrogen-bond acceptors (Lipinski definition) is 4. The molecule has 0 aliphatic heterocycles. The average Bonchev–Trinajstić information content (AvgIpc) is 3.49. The lowest BCUT2D eigenvalue weighted by molar-refractivity contribution is -0.128. The van der Waals surface area contributed by atoms with Gasteiger partial charge in [-0.3, -0.25) is 4.79 Å². The van der Waals surface area contributed by atoms with Gasteiger partial charge in [0.15, 0.2) is 0 Å². The van der Waals surface area contributed by atoms with Crippen LogP contribution in [0.5, 0.6) is 0 Å². The number of aliphatic hydroxyl groups excluding tert-OH is 1. The zero-order valence-corrected chi connectivity index (χ0v) is 17.2. The number of fused-ring (bicyclic) bond motifs is 1. The van der Waals surface area contributed by atoms with Gasteiger partial charge in [-0.25, -0.2) is 4.68 Å². The molecular formula is C23H24F2N4O2. The Morgan fingerprint density at radius 2 is 2.03 bits per heavy atom. The van der Waals surface area contributed by atoms with Crippen LogP contribution in [0, 0.1) is 5.92 Å². The first-order chi connectivity index (χ1) is 14.8. The SMILES string of the molecule is C=CC(F)(F)c1c(-c2ccc(CNC(=O)C(C)O)cc2)ccc2c1nnn2CC1CC1. The predicted molar refractivity (Wildman–Crippen MR) is 113 cm³/mol. The third-order valence-corrected chi connectivity index (χ3v) is 5.52. The van der Waals surface area contributed by atoms with Crippen molar-refractivity contribution in [2.75, 3.05) is 0 Å². The van der Waals surface area contributed by atoms with Crippen molar-refractivity contribution >= 4 is 16.9 Å². The van der Waals surface area contributed by atoms with Crippen molar-refractivity contribution in [3.8, 4) is 11.1 Å². The maximum absolute atomic E-state index is 14.9. The number of nitrogens with zero attached hydrogens (tertiary/aromatic N) is 3. The number of nitrogens with one attached hydrogen (secondary N) is 1. The van der Waals surface area contributed by atoms with Gasteiger partial charge < -0.3 is 10.4 Å². The van der Waals surface area contributed by atoms with Crippen LogP contribution >= 0.6 is 0 Å². The molecule has 1 fully saturated rings. The van der Waals surface area contributed by atoms with Crippen LogP contribution in [-0.4, -0.2) is 32.1 Å². The van der Waals surface area contributed by atoms with Crippen LogP contribution in [0.4, 0.5) is 8.78 Å². The highest BCUT2D eigenvalue weighted by atomic mass is 19.3. The van der Waals surface area contributed by atoms with Gasteiger partial charge in [0.05, 0.1) is 11.1 Å². The van der Waals surface area contributed by atoms with Crippen LogP contribution in [0.3, 0.4) is 0 Å². The summed E-state index contributed by atoms with van der Waals surface area (Å²) < 4.78 is 31.6. The van der Waals surface area contributed by atoms with Crippen LogP contribution < -0.4 is 5.32 Å². The van der Waals surface area contributed by atoms with Crippen LogP contribution in [0.1, 0.15) is 30.9 Å². The van der Waals surface area contributed by atoms with Crippen molar-refractivity contribution in [1.82, 2.24) is 20.3 Å². The number of alkyl halides is 2. The zero-order valence-electron chi connectivity index (χ0n) is 17.2. The van der Waals surface area contributed by atoms with E-state index in [2.05, 4.69) is 22.2 Å². The zero-order chi connectivity index (χ0) is 22.2. The molecule has 0 bridgehead atoms. The molecule has 1 atom stereocenters. The summed E-state index contributed by atoms with van der Waals surface area (Å²) >= 11 is 0. The van der Waals surface area contributed by atoms with E-state index in [4.69, 9.17) is 0 Å². The Kier molecular flexibility index (Phi) is 5.58. The Labute approximate surface area is 178 Å². The largest absolute Gasteiger partial charge is 0.384 e. The first-order valence-electron chi connectivity index (χ1n) is 10.2. The molecule has 1 heterocycles. The monoisotopic (exact) mass is 426 g/mol. The molecule has 8 heteroatoms. The van der Waals surface area contributed by atoms with Crippen LogP contribution in [-0.2, 0) is 23.8 Å². The van der Waals surface area contributed by atoms with E-state index in [0.29, 0.717) is 35.2 Å². The van der Waals surface area contributed by atoms with E-state index >= 15 is 0 Å². The number of benzene rings is 2. The van der Waals surface area contributed by atoms with E-state index in [9.17, 15) is 18.7 Å². The average molecular weight is 426 g/mol. The van der Waals surface area contributed by atoms with Gasteiger partial charge in [-0.2, -0.15) is 8.78 Å². The highest BCUT2D eigenvalue weighted by molar-refractivity contribution is 5.88. The standard InChI is InChI=1S/C23H24F2N4O2/c1-3-23(24,25)20-18(10-11-19-21(20)27-28-29(19)13-16-4-5-16)17-8-6-15(7-9-17)12-26-22(31)14(2)30/h3,6-11,14,16,30H,1,4-5,12-13H2,2H3,(H,26,31). The molecule has 162 valence electrons. The molecule has 1 aliphatic carbocycles. The van der Waals surface area contributed by atoms with Gasteiger partial charge in [0.1, 0.15) is 11.6 Å². The topological polar surface area (TPSA) is 80.0 Å². The van der Waals surface area contributed by atoms with Gasteiger partial charge in [-0.1, -0.05) is 42.1 Å². The fourth-order valence-corrected chi connectivity index (χ4v) is 3.54. The van der Waals surface area contributed by atoms with E-state index in [-0.39, 0.29) is 17.6 Å². The fourth-order valence-electron chi connectivity index (χ4n) is 3.54. The van der Waals surface area contributed by atoms with Crippen LogP contribution in [0.25, 0.3) is 22.2 Å². The normalized spacial score (nSPS) is 15.1. The first-order valence-corrected chi connectivity index (χ1v) is 10.2. The molecule has 6 nitrogen and oxygen atoms in total. The summed E-state index contributed by atoms with van der Waals surface area (Å²) in [7, 11) is 0. The highest BCUT2D eigenvalue weighted by Gasteiger charge is 2.35. The molecule has 31 heavy (non-hydrogen) atoms. The number of allylic oxidation sites excluding steroid dienone is 1. The summed E-state index contributed by atoms with van der Waals surface area (Å²) in [4.78, 5) is 11.5. The number of aromatic nitrogens is 3. The maximum atomic E-state index is 14.9. The lowest BCUT2D eigenvalue weighted by atomic mass is 9.93. The number of carbonyl (C=O) groups excluding carboxylic acids is 1. The van der Waals surface area contributed by atoms with Gasteiger partial charge in [-0.15, -0.1) is 5.10 Å². The maximum Gasteiger partial charge on any atom is 0.294 e. The number of aliphatic hydroxyl groups is 1. The third kappa shape index (κ3) is 4.34. The molecule has 1 aromatic heterocycles. The number of amides is 1. The second kappa shape index (κ2) is 8.19. The summed E-state index contributed by atoms with van der Waals surface area (Å²) in [6.07, 6.45) is 1.78. The molecule has 3 aromatic rings. The minimum Gasteiger partial charge on any atom is -0.384 e. The molecule has 4 rings (SSSR count). The number of halogens is 2. The van der Waals surface area contributed by atoms with Crippen molar-refractivity contribution < 1.29 is 18.7 Å². The first kappa shape index (κ1) is 21.1. The van der Waals surface area contributed by atoms with E-state index < -0.39 is 17.9 Å². The lowest BCUT2D eigenvalue weighted by Crippen LogP contribution is -2.31. The van der Waals surface area contributed by atoms with Gasteiger partial charge in [0.2, 0.25) is 5.91 Å². The van der Waals surface area contributed by atoms with Gasteiger partial charge >= 0.3 is 0 Å². The Bertz CT molecular complexity index is 1120. The highest BCUT2D eigenvalue weighted by Crippen LogP contribution is 2.41. The molecule has 1 aliphatic rings. The number of rotatable bonds is 8. The molecule has 0 spiro atoms. The van der Waals surface area contributed by atoms with Gasteiger partial charge in [0.25, 0.3) is 5.92 Å². The molecule has 1 amide bonds. The molecular weight excluding hydrogens is 402 g/mol. The lowest BCUT2D eigenvalue weighted by Gasteiger charge is -2.18. The third-order valence-electron chi connectivity index (χ3n) is 5.52. The van der Waals surface area contributed by atoms with Crippen molar-refractivity contribution in [2.45, 2.75) is 44.9 Å². The van der Waals surface area contributed by atoms with Crippen molar-refractivity contribution in [1.29, 1.82) is 0 Å². The molecule has 2 aromatic carbocycles. The van der Waals surface area contributed by atoms with Crippen LogP contribution in [0.15, 0.2) is 49.1 Å². The molecule has 1 saturated carbocycles. The van der Waals surface area contributed by atoms with Gasteiger partial charge in [0, 0.05) is 13.1 Å². The number of carbonyl (C=O) groups is 1. The second-order valence-electron chi connectivity index (χ2n) is 7.99. The molecule has 0 radical (unpaired) electrons. The Hall–Kier alpha value is -3.13. The van der Waals surface area contributed by atoms with Crippen molar-refractivity contribution in [2.24, 2.45) is 5.92 Å². The second-order valence-corrected chi connectivity index (χ2v) is 7.99. The quantitative estimate of drug-likeness (QED) is 0.537. The Morgan fingerprint density at radius 1 is 1.32 bits per heavy atom. The minimum atomic E-state index is -3.28. The van der Waals surface area contributed by atoms with Crippen molar-refractivity contribution in [3.05, 3.63) is 60.2 Å². The molecule has 1 unspecified atom stereocenters. The molecule has 0 saturated heterocycles. The predicted octanol–water partition coefficient (Wildman–Crippen LogP) is 3.78. The fraction of sp³-hybridized carbons (Fsp3) is 0.348. The summed E-state index contributed by atoms with van der Waals surface area (Å²) in [5.74, 6) is -3.22. The summed E-state index contributed by atoms with van der Waals surface area (Å²) in [5.41, 5.74) is 2.29. The van der Waals surface area contributed by atoms with E-state index in [1.807, 2.05) is 0 Å². The Morgan fingerprint density at radius 3 is 2.65 bits per heavy atom. The summed E-state index contributed by atoms with van der Waals surface area (Å²) in [6.45, 7) is 5.62. The van der Waals surface area contributed by atoms with Crippen molar-refractivity contribution in [3.63, 3.8) is 0 Å². The van der Waals surface area contributed by atoms with E-state index in [1.165, 1.54) is 6.92 Å². The van der Waals surface area contributed by atoms with E-state index in [0.717, 1.165) is 18.4 Å². The van der Waals surface area contributed by atoms with Gasteiger partial charge in [-0.05, 0) is 54.5 Å². The minimum absolute atomic E-state index is 0.177. The Balaban J connectivity index is 1.70. The summed E-state index contributed by atoms with van der Waals surface area (Å²) in [6, 6.07) is 10.4.